The molecule has 1 aliphatic rings. The molecule has 9 nitrogen and oxygen atoms in total. The van der Waals surface area contributed by atoms with Gasteiger partial charge in [0.15, 0.2) is 11.3 Å². The number of carbonyl (C=O) groups is 1. The first kappa shape index (κ1) is 21.2. The van der Waals surface area contributed by atoms with Crippen LogP contribution >= 0.6 is 11.6 Å². The predicted molar refractivity (Wildman–Crippen MR) is 132 cm³/mol. The quantitative estimate of drug-likeness (QED) is 0.388. The highest BCUT2D eigenvalue weighted by atomic mass is 35.5. The Morgan fingerprint density at radius 2 is 1.89 bits per heavy atom. The van der Waals surface area contributed by atoms with E-state index in [1.54, 1.807) is 35.1 Å². The van der Waals surface area contributed by atoms with Gasteiger partial charge in [0.2, 0.25) is 0 Å². The number of nitrogens with one attached hydrogen (secondary N) is 1. The van der Waals surface area contributed by atoms with Crippen LogP contribution in [0.25, 0.3) is 28.0 Å². The van der Waals surface area contributed by atoms with Crippen molar-refractivity contribution >= 4 is 29.0 Å². The number of nitrogens with zero attached hydrogens (tertiary/aromatic N) is 5. The minimum absolute atomic E-state index is 0.105. The van der Waals surface area contributed by atoms with Crippen molar-refractivity contribution in [2.24, 2.45) is 5.73 Å². The molecule has 4 heterocycles. The molecular formula is C25H20ClN7O2. The van der Waals surface area contributed by atoms with Gasteiger partial charge in [0.1, 0.15) is 11.6 Å². The number of methoxy groups -OCH3 is 1. The molecule has 35 heavy (non-hydrogen) atoms. The minimum atomic E-state index is -0.660. The summed E-state index contributed by atoms with van der Waals surface area (Å²) in [5.74, 6) is 0.566. The maximum Gasteiger partial charge on any atom is 0.269 e. The van der Waals surface area contributed by atoms with Crippen molar-refractivity contribution in [2.45, 2.75) is 13.1 Å². The van der Waals surface area contributed by atoms with Crippen LogP contribution in [0.2, 0.25) is 5.02 Å². The Hall–Kier alpha value is -4.37. The van der Waals surface area contributed by atoms with E-state index in [1.807, 2.05) is 18.2 Å². The molecule has 0 atom stereocenters. The van der Waals surface area contributed by atoms with E-state index in [0.717, 1.165) is 30.2 Å². The summed E-state index contributed by atoms with van der Waals surface area (Å²) in [5, 5.41) is 12.0. The third kappa shape index (κ3) is 3.48. The van der Waals surface area contributed by atoms with E-state index < -0.39 is 5.91 Å². The first-order valence-corrected chi connectivity index (χ1v) is 11.3. The maximum atomic E-state index is 12.5. The number of ether oxygens (including phenoxy) is 1. The van der Waals surface area contributed by atoms with Crippen molar-refractivity contribution in [3.05, 3.63) is 82.8 Å². The molecule has 2 aromatic carbocycles. The summed E-state index contributed by atoms with van der Waals surface area (Å²) < 4.78 is 7.04. The smallest absolute Gasteiger partial charge is 0.269 e. The molecule has 3 aromatic heterocycles. The Morgan fingerprint density at radius 3 is 2.54 bits per heavy atom. The molecule has 0 aliphatic carbocycles. The van der Waals surface area contributed by atoms with Gasteiger partial charge in [-0.3, -0.25) is 9.89 Å². The predicted octanol–water partition coefficient (Wildman–Crippen LogP) is 4.07. The van der Waals surface area contributed by atoms with Crippen molar-refractivity contribution in [1.29, 1.82) is 0 Å². The van der Waals surface area contributed by atoms with Gasteiger partial charge in [-0.15, -0.1) is 0 Å². The fourth-order valence-corrected chi connectivity index (χ4v) is 4.71. The van der Waals surface area contributed by atoms with Gasteiger partial charge >= 0.3 is 0 Å². The Labute approximate surface area is 205 Å². The number of H-pyrrole nitrogens is 1. The maximum absolute atomic E-state index is 12.5. The molecule has 5 aromatic rings. The van der Waals surface area contributed by atoms with Crippen molar-refractivity contribution < 1.29 is 9.53 Å². The topological polar surface area (TPSA) is 114 Å². The van der Waals surface area contributed by atoms with E-state index in [4.69, 9.17) is 27.1 Å². The van der Waals surface area contributed by atoms with Crippen LogP contribution in [-0.4, -0.2) is 37.8 Å². The number of halogens is 1. The van der Waals surface area contributed by atoms with Gasteiger partial charge < -0.3 is 15.4 Å². The number of nitrogens with two attached hydrogens (primary N) is 1. The molecule has 0 saturated carbocycles. The Balaban J connectivity index is 1.62. The van der Waals surface area contributed by atoms with Gasteiger partial charge in [-0.25, -0.2) is 9.50 Å². The van der Waals surface area contributed by atoms with Crippen molar-refractivity contribution in [2.75, 3.05) is 12.0 Å². The molecule has 3 N–H and O–H groups in total. The number of anilines is 1. The van der Waals surface area contributed by atoms with Crippen LogP contribution in [0.3, 0.4) is 0 Å². The van der Waals surface area contributed by atoms with Gasteiger partial charge in [0.25, 0.3) is 5.91 Å². The van der Waals surface area contributed by atoms with Crippen LogP contribution in [0.15, 0.2) is 60.9 Å². The van der Waals surface area contributed by atoms with E-state index in [0.29, 0.717) is 27.5 Å². The number of amides is 1. The second kappa shape index (κ2) is 8.14. The number of primary amides is 1. The Morgan fingerprint density at radius 1 is 1.11 bits per heavy atom. The van der Waals surface area contributed by atoms with Crippen molar-refractivity contribution in [1.82, 2.24) is 24.8 Å². The molecule has 0 bridgehead atoms. The lowest BCUT2D eigenvalue weighted by molar-refractivity contribution is 0.0996. The third-order valence-electron chi connectivity index (χ3n) is 6.21. The van der Waals surface area contributed by atoms with E-state index >= 15 is 0 Å². The van der Waals surface area contributed by atoms with Gasteiger partial charge in [-0.1, -0.05) is 41.9 Å². The third-order valence-corrected chi connectivity index (χ3v) is 6.52. The highest BCUT2D eigenvalue weighted by Gasteiger charge is 2.26. The van der Waals surface area contributed by atoms with Crippen molar-refractivity contribution in [3.8, 4) is 28.1 Å². The Kier molecular flexibility index (Phi) is 4.93. The monoisotopic (exact) mass is 485 g/mol. The van der Waals surface area contributed by atoms with E-state index in [1.165, 1.54) is 18.2 Å². The number of hydrogen-bond acceptors (Lipinski definition) is 6. The van der Waals surface area contributed by atoms with Crippen LogP contribution in [-0.2, 0) is 13.1 Å². The summed E-state index contributed by atoms with van der Waals surface area (Å²) in [6.07, 6.45) is 3.47. The largest absolute Gasteiger partial charge is 0.495 e. The van der Waals surface area contributed by atoms with Crippen LogP contribution < -0.4 is 15.4 Å². The molecule has 0 fully saturated rings. The number of hydrogen-bond donors (Lipinski definition) is 2. The van der Waals surface area contributed by atoms with Crippen LogP contribution in [0.4, 0.5) is 5.82 Å². The second-order valence-electron chi connectivity index (χ2n) is 8.28. The van der Waals surface area contributed by atoms with Crippen LogP contribution in [0.5, 0.6) is 5.75 Å². The number of benzene rings is 2. The standard InChI is InChI=1S/C25H20ClN7O2/c1-35-20-8-14(6-7-18(20)26)22-23(24(27)34)31-33-19(17-10-28-29-11-17)9-21(30-25(22)33)32-12-15-4-2-3-5-16(15)13-32/h2-11H,12-13H2,1H3,(H2,27,34)(H,28,29). The summed E-state index contributed by atoms with van der Waals surface area (Å²) >= 11 is 6.26. The molecule has 10 heteroatoms. The first-order chi connectivity index (χ1) is 17.0. The molecule has 0 unspecified atom stereocenters. The number of aromatic amines is 1. The number of rotatable bonds is 5. The van der Waals surface area contributed by atoms with E-state index in [9.17, 15) is 4.79 Å². The second-order valence-corrected chi connectivity index (χ2v) is 8.69. The zero-order valence-electron chi connectivity index (χ0n) is 18.7. The summed E-state index contributed by atoms with van der Waals surface area (Å²) in [4.78, 5) is 19.7. The van der Waals surface area contributed by atoms with Crippen LogP contribution in [0, 0.1) is 0 Å². The van der Waals surface area contributed by atoms with Crippen LogP contribution in [0.1, 0.15) is 21.6 Å². The fraction of sp³-hybridized carbons (Fsp3) is 0.120. The molecule has 174 valence electrons. The van der Waals surface area contributed by atoms with Gasteiger partial charge in [-0.05, 0) is 28.8 Å². The normalized spacial score (nSPS) is 12.8. The fourth-order valence-electron chi connectivity index (χ4n) is 4.51. The average molecular weight is 486 g/mol. The lowest BCUT2D eigenvalue weighted by Crippen LogP contribution is -2.17. The summed E-state index contributed by atoms with van der Waals surface area (Å²) in [6.45, 7) is 1.45. The highest BCUT2D eigenvalue weighted by Crippen LogP contribution is 2.37. The Bertz CT molecular complexity index is 1570. The molecule has 0 spiro atoms. The summed E-state index contributed by atoms with van der Waals surface area (Å²) in [5.41, 5.74) is 11.6. The van der Waals surface area contributed by atoms with Crippen molar-refractivity contribution in [3.63, 3.8) is 0 Å². The number of fused-ring (bicyclic) bond motifs is 2. The number of carbonyl (C=O) groups excluding carboxylic acids is 1. The lowest BCUT2D eigenvalue weighted by Gasteiger charge is -2.18. The SMILES string of the molecule is COc1cc(-c2c(C(N)=O)nn3c(-c4cn[nH]c4)cc(N4Cc5ccccc5C4)nc23)ccc1Cl. The zero-order chi connectivity index (χ0) is 24.1. The number of aromatic nitrogens is 5. The van der Waals surface area contributed by atoms with E-state index in [-0.39, 0.29) is 5.69 Å². The molecule has 0 radical (unpaired) electrons. The molecule has 6 rings (SSSR count). The lowest BCUT2D eigenvalue weighted by atomic mass is 10.0. The highest BCUT2D eigenvalue weighted by molar-refractivity contribution is 6.32. The van der Waals surface area contributed by atoms with E-state index in [2.05, 4.69) is 32.3 Å². The molecular weight excluding hydrogens is 466 g/mol. The summed E-state index contributed by atoms with van der Waals surface area (Å²) in [6, 6.07) is 15.5. The zero-order valence-corrected chi connectivity index (χ0v) is 19.5. The van der Waals surface area contributed by atoms with Gasteiger partial charge in [-0.2, -0.15) is 10.2 Å². The summed E-state index contributed by atoms with van der Waals surface area (Å²) in [7, 11) is 1.54. The minimum Gasteiger partial charge on any atom is -0.495 e. The van der Waals surface area contributed by atoms with Gasteiger partial charge in [0.05, 0.1) is 29.6 Å². The first-order valence-electron chi connectivity index (χ1n) is 10.9. The van der Waals surface area contributed by atoms with Gasteiger partial charge in [0, 0.05) is 30.9 Å². The molecule has 1 amide bonds. The molecule has 1 aliphatic heterocycles. The average Bonchev–Trinajstić information content (AvgIpc) is 3.62. The molecule has 0 saturated heterocycles.